The highest BCUT2D eigenvalue weighted by atomic mass is 16.5. The molecule has 0 unspecified atom stereocenters. The van der Waals surface area contributed by atoms with Crippen molar-refractivity contribution in [2.45, 2.75) is 6.61 Å². The van der Waals surface area contributed by atoms with Gasteiger partial charge in [-0.15, -0.1) is 0 Å². The number of rotatable bonds is 6. The number of aromatic amines is 1. The number of aromatic nitrogens is 2. The van der Waals surface area contributed by atoms with Crippen LogP contribution in [-0.2, 0) is 6.61 Å². The second-order valence-electron chi connectivity index (χ2n) is 5.80. The maximum Gasteiger partial charge on any atom is 0.131 e. The van der Waals surface area contributed by atoms with E-state index < -0.39 is 0 Å². The number of fused-ring (bicyclic) bond motifs is 1. The third kappa shape index (κ3) is 3.57. The number of hydrazone groups is 1. The van der Waals surface area contributed by atoms with Gasteiger partial charge in [0.25, 0.3) is 0 Å². The molecule has 0 spiro atoms. The van der Waals surface area contributed by atoms with Crippen molar-refractivity contribution in [2.24, 2.45) is 5.10 Å². The van der Waals surface area contributed by atoms with Crippen molar-refractivity contribution < 1.29 is 4.74 Å². The summed E-state index contributed by atoms with van der Waals surface area (Å²) in [6.45, 7) is 0.504. The topological polar surface area (TPSA) is 62.3 Å². The monoisotopic (exact) mass is 342 g/mol. The Morgan fingerprint density at radius 2 is 1.69 bits per heavy atom. The Kier molecular flexibility index (Phi) is 4.60. The highest BCUT2D eigenvalue weighted by molar-refractivity contribution is 6.00. The van der Waals surface area contributed by atoms with Crippen LogP contribution < -0.4 is 10.2 Å². The normalized spacial score (nSPS) is 11.1. The first-order chi connectivity index (χ1) is 12.9. The molecule has 1 aromatic heterocycles. The Morgan fingerprint density at radius 3 is 2.50 bits per heavy atom. The molecule has 0 saturated heterocycles. The average Bonchev–Trinajstić information content (AvgIpc) is 3.12. The van der Waals surface area contributed by atoms with Gasteiger partial charge in [0.15, 0.2) is 0 Å². The van der Waals surface area contributed by atoms with E-state index in [4.69, 9.17) is 4.74 Å². The van der Waals surface area contributed by atoms with E-state index in [2.05, 4.69) is 20.7 Å². The predicted molar refractivity (Wildman–Crippen MR) is 105 cm³/mol. The molecule has 0 aliphatic rings. The smallest absolute Gasteiger partial charge is 0.131 e. The summed E-state index contributed by atoms with van der Waals surface area (Å²) in [4.78, 5) is 0. The summed E-state index contributed by atoms with van der Waals surface area (Å²) in [5.41, 5.74) is 6.69. The van der Waals surface area contributed by atoms with Crippen molar-refractivity contribution in [2.75, 3.05) is 5.43 Å². The van der Waals surface area contributed by atoms with Gasteiger partial charge in [0.1, 0.15) is 12.4 Å². The Hall–Kier alpha value is -3.60. The van der Waals surface area contributed by atoms with Crippen LogP contribution in [0.5, 0.6) is 5.75 Å². The zero-order valence-corrected chi connectivity index (χ0v) is 14.1. The van der Waals surface area contributed by atoms with Gasteiger partial charge < -0.3 is 4.74 Å². The zero-order valence-electron chi connectivity index (χ0n) is 14.1. The number of H-pyrrole nitrogens is 1. The van der Waals surface area contributed by atoms with Crippen LogP contribution in [0, 0.1) is 0 Å². The second-order valence-corrected chi connectivity index (χ2v) is 5.80. The molecule has 4 rings (SSSR count). The summed E-state index contributed by atoms with van der Waals surface area (Å²) in [6, 6.07) is 25.7. The van der Waals surface area contributed by atoms with Crippen molar-refractivity contribution in [1.29, 1.82) is 0 Å². The largest absolute Gasteiger partial charge is 0.488 e. The molecule has 128 valence electrons. The lowest BCUT2D eigenvalue weighted by Gasteiger charge is -2.07. The van der Waals surface area contributed by atoms with Crippen molar-refractivity contribution in [3.8, 4) is 5.75 Å². The molecule has 0 atom stereocenters. The third-order valence-corrected chi connectivity index (χ3v) is 3.97. The van der Waals surface area contributed by atoms with E-state index >= 15 is 0 Å². The van der Waals surface area contributed by atoms with E-state index in [1.165, 1.54) is 0 Å². The van der Waals surface area contributed by atoms with E-state index in [-0.39, 0.29) is 0 Å². The lowest BCUT2D eigenvalue weighted by Crippen LogP contribution is -1.96. The van der Waals surface area contributed by atoms with Crippen LogP contribution in [0.15, 0.2) is 84.0 Å². The summed E-state index contributed by atoms with van der Waals surface area (Å²) in [7, 11) is 0. The molecule has 0 radical (unpaired) electrons. The van der Waals surface area contributed by atoms with Gasteiger partial charge in [-0.25, -0.2) is 0 Å². The Labute approximate surface area is 151 Å². The number of nitrogens with zero attached hydrogens (tertiary/aromatic N) is 2. The van der Waals surface area contributed by atoms with Crippen LogP contribution in [0.4, 0.5) is 5.69 Å². The van der Waals surface area contributed by atoms with Gasteiger partial charge in [0.2, 0.25) is 0 Å². The lowest BCUT2D eigenvalue weighted by atomic mass is 10.2. The summed E-state index contributed by atoms with van der Waals surface area (Å²) in [6.07, 6.45) is 1.72. The molecular formula is C21H18N4O. The molecule has 1 heterocycles. The molecule has 2 N–H and O–H groups in total. The molecule has 5 heteroatoms. The first-order valence-corrected chi connectivity index (χ1v) is 8.38. The molecule has 0 saturated carbocycles. The Morgan fingerprint density at radius 1 is 0.923 bits per heavy atom. The van der Waals surface area contributed by atoms with Crippen molar-refractivity contribution in [3.05, 3.63) is 90.1 Å². The molecule has 26 heavy (non-hydrogen) atoms. The average molecular weight is 342 g/mol. The maximum atomic E-state index is 6.03. The maximum absolute atomic E-state index is 6.03. The minimum absolute atomic E-state index is 0.504. The molecule has 0 aliphatic carbocycles. The minimum atomic E-state index is 0.504. The van der Waals surface area contributed by atoms with Gasteiger partial charge in [-0.05, 0) is 29.8 Å². The molecule has 3 aromatic carbocycles. The number of para-hydroxylation sites is 1. The number of benzene rings is 3. The van der Waals surface area contributed by atoms with Gasteiger partial charge in [-0.1, -0.05) is 54.6 Å². The number of ether oxygens (including phenoxy) is 1. The minimum Gasteiger partial charge on any atom is -0.488 e. The SMILES string of the molecule is C(=N\Nc1ccccc1)/c1[nH]nc2cccc(OCc3ccccc3)c12. The first-order valence-electron chi connectivity index (χ1n) is 8.38. The highest BCUT2D eigenvalue weighted by Crippen LogP contribution is 2.27. The molecular weight excluding hydrogens is 324 g/mol. The van der Waals surface area contributed by atoms with Crippen LogP contribution in [0.1, 0.15) is 11.3 Å². The fourth-order valence-corrected chi connectivity index (χ4v) is 2.69. The fraction of sp³-hybridized carbons (Fsp3) is 0.0476. The molecule has 0 fully saturated rings. The number of hydrogen-bond acceptors (Lipinski definition) is 4. The van der Waals surface area contributed by atoms with Gasteiger partial charge in [-0.3, -0.25) is 10.5 Å². The van der Waals surface area contributed by atoms with Gasteiger partial charge >= 0.3 is 0 Å². The summed E-state index contributed by atoms with van der Waals surface area (Å²) in [5, 5.41) is 12.6. The number of nitrogens with one attached hydrogen (secondary N) is 2. The van der Waals surface area contributed by atoms with Crippen LogP contribution in [0.25, 0.3) is 10.9 Å². The fourth-order valence-electron chi connectivity index (χ4n) is 2.69. The molecule has 0 aliphatic heterocycles. The van der Waals surface area contributed by atoms with E-state index in [0.717, 1.165) is 33.6 Å². The molecule has 0 bridgehead atoms. The van der Waals surface area contributed by atoms with Crippen LogP contribution in [0.3, 0.4) is 0 Å². The van der Waals surface area contributed by atoms with E-state index in [0.29, 0.717) is 6.61 Å². The molecule has 5 nitrogen and oxygen atoms in total. The predicted octanol–water partition coefficient (Wildman–Crippen LogP) is 4.59. The van der Waals surface area contributed by atoms with Crippen molar-refractivity contribution in [3.63, 3.8) is 0 Å². The molecule has 0 amide bonds. The van der Waals surface area contributed by atoms with Crippen LogP contribution >= 0.6 is 0 Å². The van der Waals surface area contributed by atoms with Gasteiger partial charge in [0.05, 0.1) is 28.5 Å². The lowest BCUT2D eigenvalue weighted by molar-refractivity contribution is 0.310. The Bertz CT molecular complexity index is 1010. The summed E-state index contributed by atoms with van der Waals surface area (Å²) >= 11 is 0. The van der Waals surface area contributed by atoms with Crippen LogP contribution in [-0.4, -0.2) is 16.4 Å². The number of anilines is 1. The van der Waals surface area contributed by atoms with E-state index in [1.54, 1.807) is 6.21 Å². The quantitative estimate of drug-likeness (QED) is 0.398. The van der Waals surface area contributed by atoms with E-state index in [1.807, 2.05) is 78.9 Å². The second kappa shape index (κ2) is 7.53. The number of hydrogen-bond donors (Lipinski definition) is 2. The third-order valence-electron chi connectivity index (χ3n) is 3.97. The van der Waals surface area contributed by atoms with Gasteiger partial charge in [-0.2, -0.15) is 10.2 Å². The highest BCUT2D eigenvalue weighted by Gasteiger charge is 2.10. The zero-order chi connectivity index (χ0) is 17.6. The van der Waals surface area contributed by atoms with Crippen molar-refractivity contribution >= 4 is 22.8 Å². The summed E-state index contributed by atoms with van der Waals surface area (Å²) < 4.78 is 6.03. The van der Waals surface area contributed by atoms with Crippen molar-refractivity contribution in [1.82, 2.24) is 10.2 Å². The van der Waals surface area contributed by atoms with Crippen LogP contribution in [0.2, 0.25) is 0 Å². The Balaban J connectivity index is 1.56. The summed E-state index contributed by atoms with van der Waals surface area (Å²) in [5.74, 6) is 0.779. The molecule has 4 aromatic rings. The first kappa shape index (κ1) is 15.9. The van der Waals surface area contributed by atoms with Gasteiger partial charge in [0, 0.05) is 0 Å². The standard InChI is InChI=1S/C21H18N4O/c1-3-8-16(9-4-1)15-26-20-13-7-12-18-21(20)19(25-24-18)14-22-23-17-10-5-2-6-11-17/h1-14,23H,15H2,(H,24,25)/b22-14+. The van der Waals surface area contributed by atoms with E-state index in [9.17, 15) is 0 Å².